The summed E-state index contributed by atoms with van der Waals surface area (Å²) in [7, 11) is 0. The molecule has 0 saturated heterocycles. The summed E-state index contributed by atoms with van der Waals surface area (Å²) in [5, 5.41) is 34.6. The van der Waals surface area contributed by atoms with Crippen molar-refractivity contribution in [2.24, 2.45) is 0 Å². The van der Waals surface area contributed by atoms with Gasteiger partial charge in [-0.1, -0.05) is 273 Å². The van der Waals surface area contributed by atoms with Crippen LogP contribution in [0.15, 0.2) is 418 Å². The van der Waals surface area contributed by atoms with Crippen LogP contribution in [0.5, 0.6) is 0 Å². The minimum Gasteiger partial charge on any atom is -0.309 e. The number of rotatable bonds is 8. The summed E-state index contributed by atoms with van der Waals surface area (Å²) in [6.45, 7) is 0. The van der Waals surface area contributed by atoms with Crippen LogP contribution in [-0.4, -0.2) is 38.2 Å². The van der Waals surface area contributed by atoms with E-state index in [9.17, 15) is 13.5 Å². The molecule has 0 spiro atoms. The first-order valence-corrected chi connectivity index (χ1v) is 42.3. The Morgan fingerprint density at radius 2 is 0.619 bits per heavy atom. The molecule has 0 unspecified atom stereocenters. The molecule has 582 valence electrons. The van der Waals surface area contributed by atoms with E-state index in [2.05, 4.69) is 287 Å². The van der Waals surface area contributed by atoms with Crippen LogP contribution in [0.4, 0.5) is 0 Å². The van der Waals surface area contributed by atoms with Gasteiger partial charge in [0.25, 0.3) is 0 Å². The van der Waals surface area contributed by atoms with Gasteiger partial charge in [0, 0.05) is 93.2 Å². The second-order valence-corrected chi connectivity index (χ2v) is 32.5. The standard InChI is InChI=1S/C60H36N4.C57H33N5/c1-2-15-45(16-3-1)63-53-21-11-9-19-49(53)58-50-35-43(24-22-38(50)28-31-55(58)63)59-48-18-8-10-20-52(48)61-60(62-59)44-25-23-42-33-46(29-26-41(42)32-44)64-54-30-27-37-12-6-7-17-47(37)57(54)51-34-39-13-4-5-14-40(39)36-56(51)64;58-34-41-31-40(25-27-49(41)62-52-28-23-35-12-6-7-17-43(35)55(52)47-32-36-13-4-5-14-37(36)33-53(47)62)57-59-48-20-10-8-18-45(48)56(60-57)39-22-26-44-38(30-39)24-29-51-54(44)46-19-9-11-21-50(46)61(51)42-15-2-1-3-16-42/h1-36H;1-33H/i23D,25D,26D,29D,32D,33D;. The summed E-state index contributed by atoms with van der Waals surface area (Å²) >= 11 is 0. The Morgan fingerprint density at radius 3 is 1.19 bits per heavy atom. The van der Waals surface area contributed by atoms with Gasteiger partial charge in [0.1, 0.15) is 6.07 Å². The predicted octanol–water partition coefficient (Wildman–Crippen LogP) is 30.3. The Balaban J connectivity index is 0.000000139. The maximum absolute atomic E-state index is 10.9. The highest BCUT2D eigenvalue weighted by atomic mass is 15.0. The smallest absolute Gasteiger partial charge is 0.160 e. The fraction of sp³-hybridized carbons (Fsp3) is 0. The molecule has 0 N–H and O–H groups in total. The Labute approximate surface area is 729 Å². The second kappa shape index (κ2) is 27.9. The molecule has 0 aliphatic carbocycles. The highest BCUT2D eigenvalue weighted by Gasteiger charge is 2.25. The minimum absolute atomic E-state index is 0.0338. The third-order valence-electron chi connectivity index (χ3n) is 25.6. The van der Waals surface area contributed by atoms with Gasteiger partial charge in [0.05, 0.1) is 86.0 Å². The summed E-state index contributed by atoms with van der Waals surface area (Å²) < 4.78 is 67.0. The van der Waals surface area contributed by atoms with Gasteiger partial charge in [-0.2, -0.15) is 5.26 Å². The van der Waals surface area contributed by atoms with Gasteiger partial charge in [-0.15, -0.1) is 0 Å². The molecule has 9 heteroatoms. The lowest BCUT2D eigenvalue weighted by Gasteiger charge is -2.13. The molecule has 0 aliphatic rings. The van der Waals surface area contributed by atoms with Crippen molar-refractivity contribution in [3.05, 3.63) is 424 Å². The molecule has 0 fully saturated rings. The van der Waals surface area contributed by atoms with Crippen molar-refractivity contribution in [1.29, 1.82) is 5.26 Å². The number of benzene rings is 21. The van der Waals surface area contributed by atoms with Crippen LogP contribution in [0.3, 0.4) is 0 Å². The van der Waals surface area contributed by atoms with Crippen LogP contribution in [0, 0.1) is 11.3 Å². The summed E-state index contributed by atoms with van der Waals surface area (Å²) in [6.07, 6.45) is 0. The van der Waals surface area contributed by atoms with Gasteiger partial charge in [0.2, 0.25) is 0 Å². The van der Waals surface area contributed by atoms with Crippen LogP contribution in [0.25, 0.3) is 252 Å². The summed E-state index contributed by atoms with van der Waals surface area (Å²) in [5.41, 5.74) is 17.2. The maximum atomic E-state index is 10.9. The van der Waals surface area contributed by atoms with E-state index in [0.29, 0.717) is 22.6 Å². The number of nitrogens with zero attached hydrogens (tertiary/aromatic N) is 9. The van der Waals surface area contributed by atoms with E-state index in [1.807, 2.05) is 120 Å². The molecular weight excluding hydrogens is 1530 g/mol. The Kier molecular flexibility index (Phi) is 14.3. The van der Waals surface area contributed by atoms with Gasteiger partial charge >= 0.3 is 0 Å². The number of aromatic nitrogens is 8. The molecule has 21 aromatic carbocycles. The third-order valence-corrected chi connectivity index (χ3v) is 25.6. The zero-order chi connectivity index (χ0) is 88.0. The van der Waals surface area contributed by atoms with Crippen molar-refractivity contribution in [1.82, 2.24) is 38.2 Å². The molecule has 9 nitrogen and oxygen atoms in total. The number of nitriles is 1. The van der Waals surface area contributed by atoms with Crippen molar-refractivity contribution in [2.45, 2.75) is 0 Å². The topological polar surface area (TPSA) is 95.1 Å². The molecule has 0 aliphatic heterocycles. The maximum Gasteiger partial charge on any atom is 0.160 e. The van der Waals surface area contributed by atoms with Gasteiger partial charge in [-0.25, -0.2) is 19.9 Å². The zero-order valence-corrected chi connectivity index (χ0v) is 67.4. The van der Waals surface area contributed by atoms with Crippen LogP contribution in [0.1, 0.15) is 13.8 Å². The Hall–Kier alpha value is -17.2. The van der Waals surface area contributed by atoms with E-state index in [1.54, 1.807) is 0 Å². The van der Waals surface area contributed by atoms with Crippen molar-refractivity contribution in [2.75, 3.05) is 0 Å². The lowest BCUT2D eigenvalue weighted by Crippen LogP contribution is -2.00. The fourth-order valence-electron chi connectivity index (χ4n) is 19.9. The van der Waals surface area contributed by atoms with Crippen molar-refractivity contribution < 1.29 is 8.22 Å². The molecule has 0 radical (unpaired) electrons. The van der Waals surface area contributed by atoms with Crippen LogP contribution >= 0.6 is 0 Å². The lowest BCUT2D eigenvalue weighted by molar-refractivity contribution is 1.16. The molecule has 0 amide bonds. The average Bonchev–Trinajstić information content (AvgIpc) is 1.44. The van der Waals surface area contributed by atoms with E-state index < -0.39 is 0 Å². The SMILES string of the molecule is N#Cc1cc(-c2nc(-c3ccc4c(ccc5c4c4ccccc4n5-c4ccccc4)c3)c3ccccc3n2)ccc1-n1c2cc3ccccc3cc2c2c3ccccc3ccc21.[2H]c1c(-n2c3cc4ccccc4cc3c3c4ccccc4ccc32)c([2H])c2c([2H])c([2H])c(-c3nc(-c4ccc5ccc6c(c5c4)c4ccccc4n6-c4ccccc4)c4ccccc4n3)c([2H])c2c1[2H]. The van der Waals surface area contributed by atoms with E-state index >= 15 is 0 Å². The first-order chi connectivity index (χ1) is 64.9. The van der Waals surface area contributed by atoms with E-state index in [4.69, 9.17) is 19.9 Å². The number of para-hydroxylation sites is 6. The monoisotopic (exact) mass is 1610 g/mol. The van der Waals surface area contributed by atoms with Crippen LogP contribution < -0.4 is 0 Å². The quantitative estimate of drug-likeness (QED) is 0.151. The zero-order valence-electron chi connectivity index (χ0n) is 73.4. The van der Waals surface area contributed by atoms with Gasteiger partial charge in [-0.3, -0.25) is 0 Å². The molecule has 126 heavy (non-hydrogen) atoms. The lowest BCUT2D eigenvalue weighted by atomic mass is 9.98. The largest absolute Gasteiger partial charge is 0.309 e. The van der Waals surface area contributed by atoms with E-state index in [0.717, 1.165) is 159 Å². The van der Waals surface area contributed by atoms with E-state index in [1.165, 1.54) is 48.7 Å². The van der Waals surface area contributed by atoms with Crippen molar-refractivity contribution >= 4 is 184 Å². The molecular formula is C117H69N9. The van der Waals surface area contributed by atoms with Crippen LogP contribution in [0.2, 0.25) is 0 Å². The third kappa shape index (κ3) is 11.0. The van der Waals surface area contributed by atoms with Gasteiger partial charge in [-0.05, 0) is 221 Å². The normalized spacial score (nSPS) is 12.6. The molecule has 0 atom stereocenters. The Morgan fingerprint density at radius 1 is 0.222 bits per heavy atom. The second-order valence-electron chi connectivity index (χ2n) is 32.5. The Bertz CT molecular complexity index is 9800. The number of hydrogen-bond acceptors (Lipinski definition) is 5. The minimum atomic E-state index is -0.335. The van der Waals surface area contributed by atoms with Crippen molar-refractivity contribution in [3.63, 3.8) is 0 Å². The summed E-state index contributed by atoms with van der Waals surface area (Å²) in [5.74, 6) is 0.628. The van der Waals surface area contributed by atoms with Crippen LogP contribution in [-0.2, 0) is 0 Å². The summed E-state index contributed by atoms with van der Waals surface area (Å²) in [6, 6.07) is 133. The number of fused-ring (bicyclic) bond motifs is 25. The fourth-order valence-corrected chi connectivity index (χ4v) is 19.9. The first-order valence-electron chi connectivity index (χ1n) is 45.3. The van der Waals surface area contributed by atoms with E-state index in [-0.39, 0.29) is 64.1 Å². The van der Waals surface area contributed by atoms with Gasteiger partial charge < -0.3 is 18.3 Å². The molecule has 27 rings (SSSR count). The first kappa shape index (κ1) is 64.7. The highest BCUT2D eigenvalue weighted by molar-refractivity contribution is 6.27. The molecule has 6 aromatic heterocycles. The van der Waals surface area contributed by atoms with Crippen molar-refractivity contribution in [3.8, 4) is 74.1 Å². The molecule has 27 aromatic rings. The molecule has 0 bridgehead atoms. The molecule has 6 heterocycles. The predicted molar refractivity (Wildman–Crippen MR) is 525 cm³/mol. The number of hydrogen-bond donors (Lipinski definition) is 0. The molecule has 0 saturated carbocycles. The van der Waals surface area contributed by atoms with Gasteiger partial charge in [0.15, 0.2) is 11.6 Å². The highest BCUT2D eigenvalue weighted by Crippen LogP contribution is 2.47. The summed E-state index contributed by atoms with van der Waals surface area (Å²) in [4.78, 5) is 20.5. The average molecular weight is 1610 g/mol.